The van der Waals surface area contributed by atoms with E-state index in [0.29, 0.717) is 18.0 Å². The molecule has 3 nitrogen and oxygen atoms in total. The molecule has 0 aliphatic carbocycles. The van der Waals surface area contributed by atoms with E-state index in [4.69, 9.17) is 4.74 Å². The fourth-order valence-corrected chi connectivity index (χ4v) is 3.32. The Morgan fingerprint density at radius 2 is 2.18 bits per heavy atom. The lowest BCUT2D eigenvalue weighted by Gasteiger charge is -2.46. The zero-order valence-corrected chi connectivity index (χ0v) is 11.6. The van der Waals surface area contributed by atoms with Gasteiger partial charge in [0, 0.05) is 37.8 Å². The molecule has 2 heterocycles. The predicted molar refractivity (Wildman–Crippen MR) is 71.3 cm³/mol. The summed E-state index contributed by atoms with van der Waals surface area (Å²) in [5, 5.41) is 3.68. The highest BCUT2D eigenvalue weighted by atomic mass is 16.5. The molecule has 0 bridgehead atoms. The lowest BCUT2D eigenvalue weighted by Crippen LogP contribution is -2.60. The Balaban J connectivity index is 1.96. The van der Waals surface area contributed by atoms with Gasteiger partial charge < -0.3 is 10.1 Å². The third kappa shape index (κ3) is 3.21. The Morgan fingerprint density at radius 1 is 1.35 bits per heavy atom. The fourth-order valence-electron chi connectivity index (χ4n) is 3.32. The number of hydrogen-bond acceptors (Lipinski definition) is 3. The fraction of sp³-hybridized carbons (Fsp3) is 1.00. The van der Waals surface area contributed by atoms with Gasteiger partial charge in [-0.25, -0.2) is 0 Å². The van der Waals surface area contributed by atoms with Gasteiger partial charge in [0.2, 0.25) is 0 Å². The molecule has 4 unspecified atom stereocenters. The summed E-state index contributed by atoms with van der Waals surface area (Å²) in [6, 6.07) is 2.11. The molecular formula is C14H28N2O. The largest absolute Gasteiger partial charge is 0.381 e. The number of nitrogens with one attached hydrogen (secondary N) is 1. The zero-order valence-electron chi connectivity index (χ0n) is 11.6. The van der Waals surface area contributed by atoms with Gasteiger partial charge in [0.05, 0.1) is 6.61 Å². The van der Waals surface area contributed by atoms with Gasteiger partial charge in [-0.1, -0.05) is 20.3 Å². The second kappa shape index (κ2) is 6.17. The van der Waals surface area contributed by atoms with Crippen molar-refractivity contribution in [3.05, 3.63) is 0 Å². The van der Waals surface area contributed by atoms with E-state index in [1.165, 1.54) is 25.8 Å². The summed E-state index contributed by atoms with van der Waals surface area (Å²) in [5.41, 5.74) is 0. The molecule has 100 valence electrons. The third-order valence-electron chi connectivity index (χ3n) is 4.36. The first-order valence-electron chi connectivity index (χ1n) is 7.29. The van der Waals surface area contributed by atoms with E-state index in [1.807, 2.05) is 0 Å². The number of nitrogens with zero attached hydrogens (tertiary/aromatic N) is 1. The molecule has 2 fully saturated rings. The average Bonchev–Trinajstić information content (AvgIpc) is 2.33. The van der Waals surface area contributed by atoms with Crippen LogP contribution < -0.4 is 5.32 Å². The van der Waals surface area contributed by atoms with E-state index in [2.05, 4.69) is 31.0 Å². The van der Waals surface area contributed by atoms with Gasteiger partial charge >= 0.3 is 0 Å². The Kier molecular flexibility index (Phi) is 4.83. The molecule has 3 heteroatoms. The van der Waals surface area contributed by atoms with Crippen LogP contribution in [-0.4, -0.2) is 49.3 Å². The van der Waals surface area contributed by atoms with E-state index in [0.717, 1.165) is 25.8 Å². The van der Waals surface area contributed by atoms with Crippen molar-refractivity contribution in [2.45, 2.75) is 58.2 Å². The van der Waals surface area contributed by atoms with Crippen molar-refractivity contribution in [3.63, 3.8) is 0 Å². The van der Waals surface area contributed by atoms with Crippen LogP contribution >= 0.6 is 0 Å². The van der Waals surface area contributed by atoms with Gasteiger partial charge in [-0.05, 0) is 25.7 Å². The molecule has 2 aliphatic heterocycles. The minimum absolute atomic E-state index is 0.675. The highest BCUT2D eigenvalue weighted by Crippen LogP contribution is 2.24. The summed E-state index contributed by atoms with van der Waals surface area (Å²) in [5.74, 6) is 0.687. The van der Waals surface area contributed by atoms with Crippen LogP contribution in [0.1, 0.15) is 40.0 Å². The van der Waals surface area contributed by atoms with Crippen molar-refractivity contribution in [1.82, 2.24) is 10.2 Å². The Bertz CT molecular complexity index is 234. The quantitative estimate of drug-likeness (QED) is 0.815. The van der Waals surface area contributed by atoms with Crippen LogP contribution in [0, 0.1) is 5.92 Å². The van der Waals surface area contributed by atoms with Gasteiger partial charge in [-0.15, -0.1) is 0 Å². The van der Waals surface area contributed by atoms with Gasteiger partial charge in [-0.2, -0.15) is 0 Å². The zero-order chi connectivity index (χ0) is 12.3. The molecule has 0 radical (unpaired) electrons. The van der Waals surface area contributed by atoms with E-state index in [-0.39, 0.29) is 0 Å². The van der Waals surface area contributed by atoms with Crippen molar-refractivity contribution in [3.8, 4) is 0 Å². The molecular weight excluding hydrogens is 212 g/mol. The molecule has 2 saturated heterocycles. The predicted octanol–water partition coefficient (Wildman–Crippen LogP) is 1.87. The molecule has 0 spiro atoms. The number of rotatable bonds is 3. The van der Waals surface area contributed by atoms with Crippen LogP contribution in [0.3, 0.4) is 0 Å². The monoisotopic (exact) mass is 240 g/mol. The van der Waals surface area contributed by atoms with Crippen molar-refractivity contribution in [2.24, 2.45) is 5.92 Å². The van der Waals surface area contributed by atoms with Crippen LogP contribution in [0.4, 0.5) is 0 Å². The summed E-state index contributed by atoms with van der Waals surface area (Å²) in [7, 11) is 0. The molecule has 0 aromatic heterocycles. The summed E-state index contributed by atoms with van der Waals surface area (Å²) in [6.07, 6.45) is 3.80. The van der Waals surface area contributed by atoms with Crippen LogP contribution in [0.2, 0.25) is 0 Å². The van der Waals surface area contributed by atoms with Gasteiger partial charge in [-0.3, -0.25) is 4.90 Å². The van der Waals surface area contributed by atoms with Crippen LogP contribution in [0.15, 0.2) is 0 Å². The summed E-state index contributed by atoms with van der Waals surface area (Å²) < 4.78 is 5.57. The lowest BCUT2D eigenvalue weighted by atomic mass is 9.92. The van der Waals surface area contributed by atoms with Gasteiger partial charge in [0.15, 0.2) is 0 Å². The van der Waals surface area contributed by atoms with Crippen molar-refractivity contribution < 1.29 is 4.74 Å². The molecule has 17 heavy (non-hydrogen) atoms. The first-order valence-corrected chi connectivity index (χ1v) is 7.29. The maximum absolute atomic E-state index is 5.57. The maximum atomic E-state index is 5.57. The highest BCUT2D eigenvalue weighted by Gasteiger charge is 2.34. The van der Waals surface area contributed by atoms with Crippen molar-refractivity contribution in [1.29, 1.82) is 0 Å². The maximum Gasteiger partial charge on any atom is 0.0506 e. The van der Waals surface area contributed by atoms with Crippen LogP contribution in [-0.2, 0) is 4.74 Å². The molecule has 0 aromatic rings. The Morgan fingerprint density at radius 3 is 2.88 bits per heavy atom. The average molecular weight is 240 g/mol. The molecule has 0 amide bonds. The minimum atomic E-state index is 0.675. The summed E-state index contributed by atoms with van der Waals surface area (Å²) in [6.45, 7) is 11.2. The van der Waals surface area contributed by atoms with E-state index < -0.39 is 0 Å². The minimum Gasteiger partial charge on any atom is -0.381 e. The molecule has 4 atom stereocenters. The van der Waals surface area contributed by atoms with Crippen LogP contribution in [0.5, 0.6) is 0 Å². The van der Waals surface area contributed by atoms with E-state index in [9.17, 15) is 0 Å². The van der Waals surface area contributed by atoms with E-state index in [1.54, 1.807) is 0 Å². The standard InChI is InChI=1S/C14H28N2O/c1-4-5-13-9-16(12(3)8-15-13)14-6-7-17-10-11(14)2/h11-15H,4-10H2,1-3H3. The number of ether oxygens (including phenoxy) is 1. The topological polar surface area (TPSA) is 24.5 Å². The molecule has 1 N–H and O–H groups in total. The smallest absolute Gasteiger partial charge is 0.0506 e. The number of piperazine rings is 1. The second-order valence-electron chi connectivity index (χ2n) is 5.85. The molecule has 2 aliphatic rings. The number of hydrogen-bond donors (Lipinski definition) is 1. The van der Waals surface area contributed by atoms with E-state index >= 15 is 0 Å². The first kappa shape index (κ1) is 13.3. The molecule has 0 aromatic carbocycles. The van der Waals surface area contributed by atoms with Gasteiger partial charge in [0.1, 0.15) is 0 Å². The second-order valence-corrected chi connectivity index (χ2v) is 5.85. The Labute approximate surface area is 106 Å². The molecule has 2 rings (SSSR count). The summed E-state index contributed by atoms with van der Waals surface area (Å²) >= 11 is 0. The highest BCUT2D eigenvalue weighted by molar-refractivity contribution is 4.90. The van der Waals surface area contributed by atoms with Crippen molar-refractivity contribution in [2.75, 3.05) is 26.3 Å². The Hall–Kier alpha value is -0.120. The summed E-state index contributed by atoms with van der Waals surface area (Å²) in [4.78, 5) is 2.74. The normalized spacial score (nSPS) is 40.4. The SMILES string of the molecule is CCCC1CN(C2CCOCC2C)C(C)CN1. The van der Waals surface area contributed by atoms with Crippen molar-refractivity contribution >= 4 is 0 Å². The van der Waals surface area contributed by atoms with Crippen LogP contribution in [0.25, 0.3) is 0 Å². The first-order chi connectivity index (χ1) is 8.22. The molecule has 0 saturated carbocycles. The third-order valence-corrected chi connectivity index (χ3v) is 4.36. The lowest BCUT2D eigenvalue weighted by molar-refractivity contribution is -0.0310. The van der Waals surface area contributed by atoms with Gasteiger partial charge in [0.25, 0.3) is 0 Å².